The first-order valence-electron chi connectivity index (χ1n) is 14.8. The van der Waals surface area contributed by atoms with Gasteiger partial charge < -0.3 is 24.2 Å². The Hall–Kier alpha value is -3.57. The van der Waals surface area contributed by atoms with E-state index in [1.807, 2.05) is 45.0 Å². The Morgan fingerprint density at radius 1 is 1.00 bits per heavy atom. The van der Waals surface area contributed by atoms with Crippen molar-refractivity contribution in [2.75, 3.05) is 59.5 Å². The first-order valence-corrected chi connectivity index (χ1v) is 14.8. The molecule has 43 heavy (non-hydrogen) atoms. The Morgan fingerprint density at radius 2 is 1.74 bits per heavy atom. The number of ether oxygens (including phenoxy) is 2. The molecular weight excluding hydrogens is 561 g/mol. The van der Waals surface area contributed by atoms with Crippen LogP contribution in [0.1, 0.15) is 24.0 Å². The molecule has 11 heteroatoms. The van der Waals surface area contributed by atoms with Gasteiger partial charge in [0.25, 0.3) is 0 Å². The second-order valence-electron chi connectivity index (χ2n) is 11.6. The Balaban J connectivity index is 1.35. The molecule has 0 saturated carbocycles. The number of piperidine rings is 1. The maximum Gasteiger partial charge on any atom is 0.573 e. The predicted molar refractivity (Wildman–Crippen MR) is 155 cm³/mol. The number of carbonyl (C=O) groups excluding carboxylic acids is 2. The monoisotopic (exact) mass is 600 g/mol. The number of nitrogens with zero attached hydrogens (tertiary/aromatic N) is 4. The number of likely N-dealkylation sites (N-methyl/N-ethyl adjacent to an activating group) is 1. The standard InChI is InChI=1S/C32H39F3N4O4/c1-36-14-16-38(17-15-36)30(40)19-24-12-13-39-22-25(24)9-6-18-42-28-10-4-2-7-26(28)20-37(23-31(39)41)21-27-8-3-5-11-29(27)43-32(33,34)35/h2-11,24-25H,12-23H2,1H3/t24-,25-/m0/s1. The van der Waals surface area contributed by atoms with Crippen LogP contribution in [-0.2, 0) is 22.7 Å². The van der Waals surface area contributed by atoms with Gasteiger partial charge in [0.15, 0.2) is 0 Å². The molecule has 2 aromatic carbocycles. The van der Waals surface area contributed by atoms with Crippen molar-refractivity contribution in [3.63, 3.8) is 0 Å². The molecule has 0 spiro atoms. The van der Waals surface area contributed by atoms with Crippen LogP contribution in [0, 0.1) is 11.8 Å². The third kappa shape index (κ3) is 8.51. The van der Waals surface area contributed by atoms with Gasteiger partial charge in [0.1, 0.15) is 18.1 Å². The van der Waals surface area contributed by atoms with E-state index in [0.29, 0.717) is 50.4 Å². The summed E-state index contributed by atoms with van der Waals surface area (Å²) in [5.74, 6) is 0.508. The van der Waals surface area contributed by atoms with Crippen LogP contribution >= 0.6 is 0 Å². The highest BCUT2D eigenvalue weighted by Gasteiger charge is 2.35. The number of carbonyl (C=O) groups is 2. The molecule has 3 aliphatic rings. The van der Waals surface area contributed by atoms with E-state index >= 15 is 0 Å². The third-order valence-corrected chi connectivity index (χ3v) is 8.49. The quantitative estimate of drug-likeness (QED) is 0.481. The lowest BCUT2D eigenvalue weighted by molar-refractivity contribution is -0.275. The van der Waals surface area contributed by atoms with Crippen molar-refractivity contribution in [3.8, 4) is 11.5 Å². The van der Waals surface area contributed by atoms with Crippen molar-refractivity contribution in [2.45, 2.75) is 32.3 Å². The van der Waals surface area contributed by atoms with Crippen LogP contribution in [0.3, 0.4) is 0 Å². The highest BCUT2D eigenvalue weighted by molar-refractivity contribution is 5.79. The van der Waals surface area contributed by atoms with Crippen LogP contribution < -0.4 is 9.47 Å². The number of amides is 2. The second kappa shape index (κ2) is 13.8. The van der Waals surface area contributed by atoms with Crippen molar-refractivity contribution >= 4 is 11.8 Å². The summed E-state index contributed by atoms with van der Waals surface area (Å²) in [6, 6.07) is 13.5. The lowest BCUT2D eigenvalue weighted by Crippen LogP contribution is -2.50. The fraction of sp³-hybridized carbons (Fsp3) is 0.500. The van der Waals surface area contributed by atoms with E-state index < -0.39 is 6.36 Å². The van der Waals surface area contributed by atoms with Gasteiger partial charge in [-0.25, -0.2) is 0 Å². The molecule has 5 rings (SSSR count). The minimum atomic E-state index is -4.83. The van der Waals surface area contributed by atoms with Gasteiger partial charge in [-0.05, 0) is 37.4 Å². The Bertz CT molecular complexity index is 1300. The average molecular weight is 601 g/mol. The zero-order valence-electron chi connectivity index (χ0n) is 24.5. The summed E-state index contributed by atoms with van der Waals surface area (Å²) in [4.78, 5) is 34.7. The maximum absolute atomic E-state index is 13.7. The molecule has 2 amide bonds. The van der Waals surface area contributed by atoms with Gasteiger partial charge in [0.05, 0.1) is 6.54 Å². The van der Waals surface area contributed by atoms with Gasteiger partial charge in [-0.2, -0.15) is 0 Å². The molecule has 0 unspecified atom stereocenters. The van der Waals surface area contributed by atoms with Gasteiger partial charge in [-0.3, -0.25) is 14.5 Å². The smallest absolute Gasteiger partial charge is 0.489 e. The largest absolute Gasteiger partial charge is 0.573 e. The first-order chi connectivity index (χ1) is 20.6. The Kier molecular flexibility index (Phi) is 9.92. The molecule has 8 nitrogen and oxygen atoms in total. The number of piperazine rings is 1. The molecule has 2 saturated heterocycles. The van der Waals surface area contributed by atoms with Crippen LogP contribution in [0.5, 0.6) is 11.5 Å². The number of benzene rings is 2. The maximum atomic E-state index is 13.7. The minimum absolute atomic E-state index is 0.00993. The van der Waals surface area contributed by atoms with E-state index in [9.17, 15) is 22.8 Å². The van der Waals surface area contributed by atoms with Gasteiger partial charge in [-0.15, -0.1) is 13.2 Å². The number of hydrogen-bond acceptors (Lipinski definition) is 6. The molecule has 2 fully saturated rings. The highest BCUT2D eigenvalue weighted by Crippen LogP contribution is 2.31. The summed E-state index contributed by atoms with van der Waals surface area (Å²) in [5, 5.41) is 0. The molecule has 3 heterocycles. The van der Waals surface area contributed by atoms with Crippen molar-refractivity contribution in [1.82, 2.24) is 19.6 Å². The third-order valence-electron chi connectivity index (χ3n) is 8.49. The molecule has 2 atom stereocenters. The fourth-order valence-electron chi connectivity index (χ4n) is 6.08. The molecule has 232 valence electrons. The van der Waals surface area contributed by atoms with Gasteiger partial charge >= 0.3 is 6.36 Å². The number of fused-ring (bicyclic) bond motifs is 3. The summed E-state index contributed by atoms with van der Waals surface area (Å²) in [5.41, 5.74) is 1.15. The molecule has 3 aliphatic heterocycles. The van der Waals surface area contributed by atoms with Crippen LogP contribution in [0.25, 0.3) is 0 Å². The van der Waals surface area contributed by atoms with Crippen LogP contribution in [0.15, 0.2) is 60.7 Å². The number of rotatable bonds is 5. The first kappa shape index (κ1) is 30.9. The molecule has 2 bridgehead atoms. The van der Waals surface area contributed by atoms with Crippen LogP contribution in [-0.4, -0.2) is 97.2 Å². The van der Waals surface area contributed by atoms with Crippen molar-refractivity contribution in [1.29, 1.82) is 0 Å². The zero-order chi connectivity index (χ0) is 30.4. The molecule has 0 aromatic heterocycles. The van der Waals surface area contributed by atoms with Crippen molar-refractivity contribution < 1.29 is 32.2 Å². The Labute approximate surface area is 250 Å². The normalized spacial score (nSPS) is 22.6. The van der Waals surface area contributed by atoms with Gasteiger partial charge in [0, 0.05) is 69.9 Å². The number of alkyl halides is 3. The van der Waals surface area contributed by atoms with E-state index in [1.165, 1.54) is 12.1 Å². The summed E-state index contributed by atoms with van der Waals surface area (Å²) in [7, 11) is 2.06. The molecule has 2 aromatic rings. The van der Waals surface area contributed by atoms with Crippen molar-refractivity contribution in [3.05, 3.63) is 71.8 Å². The van der Waals surface area contributed by atoms with Crippen LogP contribution in [0.2, 0.25) is 0 Å². The number of halogens is 3. The van der Waals surface area contributed by atoms with E-state index in [0.717, 1.165) is 31.7 Å². The van der Waals surface area contributed by atoms with Crippen molar-refractivity contribution in [2.24, 2.45) is 11.8 Å². The Morgan fingerprint density at radius 3 is 2.53 bits per heavy atom. The SMILES string of the molecule is CN1CCN(C(=O)C[C@@H]2CCN3C[C@@H]2C=CCOc2ccccc2CN(Cc2ccccc2OC(F)(F)F)CC3=O)CC1. The van der Waals surface area contributed by atoms with Gasteiger partial charge in [-0.1, -0.05) is 48.6 Å². The predicted octanol–water partition coefficient (Wildman–Crippen LogP) is 4.16. The summed E-state index contributed by atoms with van der Waals surface area (Å²) >= 11 is 0. The highest BCUT2D eigenvalue weighted by atomic mass is 19.4. The zero-order valence-corrected chi connectivity index (χ0v) is 24.5. The minimum Gasteiger partial charge on any atom is -0.489 e. The van der Waals surface area contributed by atoms with E-state index in [-0.39, 0.29) is 42.5 Å². The van der Waals surface area contributed by atoms with E-state index in [1.54, 1.807) is 12.1 Å². The molecule has 0 aliphatic carbocycles. The number of hydrogen-bond donors (Lipinski definition) is 0. The van der Waals surface area contributed by atoms with E-state index in [2.05, 4.69) is 22.8 Å². The average Bonchev–Trinajstić information content (AvgIpc) is 2.97. The molecule has 0 N–H and O–H groups in total. The van der Waals surface area contributed by atoms with Crippen LogP contribution in [0.4, 0.5) is 13.2 Å². The lowest BCUT2D eigenvalue weighted by Gasteiger charge is -2.39. The fourth-order valence-corrected chi connectivity index (χ4v) is 6.08. The molecular formula is C32H39F3N4O4. The molecule has 0 radical (unpaired) electrons. The topological polar surface area (TPSA) is 65.6 Å². The lowest BCUT2D eigenvalue weighted by atomic mass is 9.82. The van der Waals surface area contributed by atoms with Gasteiger partial charge in [0.2, 0.25) is 11.8 Å². The second-order valence-corrected chi connectivity index (χ2v) is 11.6. The summed E-state index contributed by atoms with van der Waals surface area (Å²) in [6.45, 7) is 4.90. The van der Waals surface area contributed by atoms with E-state index in [4.69, 9.17) is 4.74 Å². The summed E-state index contributed by atoms with van der Waals surface area (Å²) in [6.07, 6.45) is 0.341. The summed E-state index contributed by atoms with van der Waals surface area (Å²) < 4.78 is 49.8. The number of para-hydroxylation sites is 2.